The smallest absolute Gasteiger partial charge is 0.166 e. The molecule has 2 unspecified atom stereocenters. The van der Waals surface area contributed by atoms with E-state index in [1.807, 2.05) is 24.3 Å². The van der Waals surface area contributed by atoms with E-state index in [4.69, 9.17) is 19.4 Å². The lowest BCUT2D eigenvalue weighted by atomic mass is 9.83. The fourth-order valence-corrected chi connectivity index (χ4v) is 10.7. The van der Waals surface area contributed by atoms with Crippen LogP contribution in [-0.2, 0) is 0 Å². The predicted octanol–water partition coefficient (Wildman–Crippen LogP) is 15.5. The van der Waals surface area contributed by atoms with Crippen molar-refractivity contribution in [1.82, 2.24) is 19.5 Å². The first-order valence-electron chi connectivity index (χ1n) is 22.4. The fourth-order valence-electron chi connectivity index (χ4n) is 10.7. The second-order valence-corrected chi connectivity index (χ2v) is 17.4. The van der Waals surface area contributed by atoms with Gasteiger partial charge in [-0.25, -0.2) is 15.0 Å². The Balaban J connectivity index is 1.06. The zero-order valence-electron chi connectivity index (χ0n) is 35.2. The summed E-state index contributed by atoms with van der Waals surface area (Å²) in [6.45, 7) is 0. The Morgan fingerprint density at radius 1 is 0.369 bits per heavy atom. The third kappa shape index (κ3) is 5.62. The van der Waals surface area contributed by atoms with Gasteiger partial charge in [0.05, 0.1) is 22.1 Å². The molecule has 1 saturated carbocycles. The van der Waals surface area contributed by atoms with Crippen LogP contribution in [0.1, 0.15) is 29.4 Å². The Hall–Kier alpha value is -8.41. The van der Waals surface area contributed by atoms with Gasteiger partial charge in [-0.3, -0.25) is 0 Å². The number of benzene rings is 9. The van der Waals surface area contributed by atoms with Crippen molar-refractivity contribution in [2.75, 3.05) is 0 Å². The van der Waals surface area contributed by atoms with Crippen LogP contribution in [0.25, 0.3) is 117 Å². The lowest BCUT2D eigenvalue weighted by Crippen LogP contribution is -2.04. The molecule has 65 heavy (non-hydrogen) atoms. The second-order valence-electron chi connectivity index (χ2n) is 17.4. The molecule has 5 heteroatoms. The molecule has 0 N–H and O–H groups in total. The molecule has 0 amide bonds. The van der Waals surface area contributed by atoms with Crippen molar-refractivity contribution in [3.8, 4) is 73.2 Å². The Morgan fingerprint density at radius 3 is 1.65 bits per heavy atom. The molecule has 0 spiro atoms. The van der Waals surface area contributed by atoms with E-state index in [-0.39, 0.29) is 0 Å². The lowest BCUT2D eigenvalue weighted by molar-refractivity contribution is 0.669. The molecule has 0 aliphatic heterocycles. The normalized spacial score (nSPS) is 15.0. The Morgan fingerprint density at radius 2 is 0.908 bits per heavy atom. The van der Waals surface area contributed by atoms with Crippen LogP contribution in [0.15, 0.2) is 211 Å². The van der Waals surface area contributed by atoms with Crippen LogP contribution >= 0.6 is 0 Å². The minimum absolute atomic E-state index is 0.580. The maximum absolute atomic E-state index is 6.93. The number of fused-ring (bicyclic) bond motifs is 12. The van der Waals surface area contributed by atoms with Gasteiger partial charge >= 0.3 is 0 Å². The van der Waals surface area contributed by atoms with E-state index in [0.29, 0.717) is 29.3 Å². The standard InChI is InChI=1S/C60H38N4O/c1-3-14-36(15-4-1)37-26-28-39(29-27-37)59-61-58(38-16-5-2-6-17-38)62-60(63-59)47-32-33-54-56(57(47)64-51-23-11-9-20-45(51)46-21-10-12-24-52(46)64)55-41(22-13-25-53(55)65-54)40-30-31-44-48(34-40)42-18-7-8-19-43(42)49-35-50(44)49/h1-34,49-50H,35H2. The summed E-state index contributed by atoms with van der Waals surface area (Å²) in [7, 11) is 0. The van der Waals surface area contributed by atoms with Gasteiger partial charge in [0.25, 0.3) is 0 Å². The number of rotatable bonds is 6. The van der Waals surface area contributed by atoms with E-state index in [9.17, 15) is 0 Å². The fraction of sp³-hybridized carbons (Fsp3) is 0.0500. The minimum Gasteiger partial charge on any atom is -0.456 e. The van der Waals surface area contributed by atoms with Crippen LogP contribution in [0.4, 0.5) is 0 Å². The molecule has 304 valence electrons. The summed E-state index contributed by atoms with van der Waals surface area (Å²) in [5.41, 5.74) is 17.7. The summed E-state index contributed by atoms with van der Waals surface area (Å²) in [5, 5.41) is 4.41. The third-order valence-electron chi connectivity index (χ3n) is 13.8. The van der Waals surface area contributed by atoms with Gasteiger partial charge in [-0.1, -0.05) is 170 Å². The maximum Gasteiger partial charge on any atom is 0.166 e. The van der Waals surface area contributed by atoms with Crippen LogP contribution in [-0.4, -0.2) is 19.5 Å². The first kappa shape index (κ1) is 36.1. The van der Waals surface area contributed by atoms with E-state index >= 15 is 0 Å². The highest BCUT2D eigenvalue weighted by atomic mass is 16.3. The highest BCUT2D eigenvalue weighted by Crippen LogP contribution is 2.62. The summed E-state index contributed by atoms with van der Waals surface area (Å²) in [5.74, 6) is 3.01. The minimum atomic E-state index is 0.580. The van der Waals surface area contributed by atoms with Crippen molar-refractivity contribution in [3.05, 3.63) is 217 Å². The number of hydrogen-bond acceptors (Lipinski definition) is 4. The number of nitrogens with zero attached hydrogens (tertiary/aromatic N) is 4. The van der Waals surface area contributed by atoms with Crippen LogP contribution in [0.5, 0.6) is 0 Å². The van der Waals surface area contributed by atoms with Crippen LogP contribution in [0.2, 0.25) is 0 Å². The Bertz CT molecular complexity index is 3810. The molecular formula is C60H38N4O. The molecule has 9 aromatic carbocycles. The molecule has 12 aromatic rings. The van der Waals surface area contributed by atoms with E-state index < -0.39 is 0 Å². The summed E-state index contributed by atoms with van der Waals surface area (Å²) in [6.07, 6.45) is 1.22. The monoisotopic (exact) mass is 830 g/mol. The SMILES string of the molecule is c1ccc(-c2ccc(-c3nc(-c4ccccc4)nc(-c4ccc5oc6cccc(-c7ccc8c(c7)-c7ccccc7C7CC87)c6c5c4-n4c5ccccc5c5ccccc54)n3)cc2)cc1. The average molecular weight is 831 g/mol. The molecule has 3 aromatic heterocycles. The molecule has 14 rings (SSSR count). The molecule has 0 bridgehead atoms. The van der Waals surface area contributed by atoms with Gasteiger partial charge < -0.3 is 8.98 Å². The number of aromatic nitrogens is 4. The van der Waals surface area contributed by atoms with Crippen LogP contribution in [0.3, 0.4) is 0 Å². The first-order chi connectivity index (χ1) is 32.2. The highest BCUT2D eigenvalue weighted by Gasteiger charge is 2.45. The average Bonchev–Trinajstić information content (AvgIpc) is 4.00. The van der Waals surface area contributed by atoms with Gasteiger partial charge in [0, 0.05) is 32.8 Å². The summed E-state index contributed by atoms with van der Waals surface area (Å²) in [6, 6.07) is 73.4. The van der Waals surface area contributed by atoms with Gasteiger partial charge in [-0.2, -0.15) is 0 Å². The van der Waals surface area contributed by atoms with Gasteiger partial charge in [-0.15, -0.1) is 0 Å². The van der Waals surface area contributed by atoms with Gasteiger partial charge in [-0.05, 0) is 99.2 Å². The largest absolute Gasteiger partial charge is 0.456 e. The predicted molar refractivity (Wildman–Crippen MR) is 264 cm³/mol. The first-order valence-corrected chi connectivity index (χ1v) is 22.4. The molecule has 3 heterocycles. The van der Waals surface area contributed by atoms with Gasteiger partial charge in [0.15, 0.2) is 17.5 Å². The van der Waals surface area contributed by atoms with Crippen molar-refractivity contribution < 1.29 is 4.42 Å². The molecule has 0 radical (unpaired) electrons. The zero-order chi connectivity index (χ0) is 42.6. The molecule has 1 fully saturated rings. The zero-order valence-corrected chi connectivity index (χ0v) is 35.2. The highest BCUT2D eigenvalue weighted by molar-refractivity contribution is 6.20. The van der Waals surface area contributed by atoms with Gasteiger partial charge in [0.2, 0.25) is 0 Å². The second kappa shape index (κ2) is 14.0. The van der Waals surface area contributed by atoms with E-state index in [2.05, 4.69) is 187 Å². The van der Waals surface area contributed by atoms with Crippen molar-refractivity contribution in [1.29, 1.82) is 0 Å². The van der Waals surface area contributed by atoms with Crippen LogP contribution < -0.4 is 0 Å². The van der Waals surface area contributed by atoms with Crippen molar-refractivity contribution in [2.45, 2.75) is 18.3 Å². The van der Waals surface area contributed by atoms with Crippen molar-refractivity contribution in [2.24, 2.45) is 0 Å². The number of hydrogen-bond donors (Lipinski definition) is 0. The van der Waals surface area contributed by atoms with Crippen molar-refractivity contribution >= 4 is 43.7 Å². The third-order valence-corrected chi connectivity index (χ3v) is 13.8. The topological polar surface area (TPSA) is 56.7 Å². The van der Waals surface area contributed by atoms with Gasteiger partial charge in [0.1, 0.15) is 11.2 Å². The quantitative estimate of drug-likeness (QED) is 0.167. The molecule has 2 aliphatic carbocycles. The lowest BCUT2D eigenvalue weighted by Gasteiger charge is -2.20. The summed E-state index contributed by atoms with van der Waals surface area (Å²) < 4.78 is 9.34. The Kier molecular flexibility index (Phi) is 7.80. The molecule has 0 saturated heterocycles. The Labute approximate surface area is 375 Å². The molecule has 2 aliphatic rings. The summed E-state index contributed by atoms with van der Waals surface area (Å²) >= 11 is 0. The van der Waals surface area contributed by atoms with E-state index in [1.165, 1.54) is 39.4 Å². The number of para-hydroxylation sites is 2. The van der Waals surface area contributed by atoms with E-state index in [0.717, 1.165) is 77.6 Å². The number of furan rings is 1. The summed E-state index contributed by atoms with van der Waals surface area (Å²) in [4.78, 5) is 15.9. The van der Waals surface area contributed by atoms with Crippen LogP contribution in [0, 0.1) is 0 Å². The van der Waals surface area contributed by atoms with E-state index in [1.54, 1.807) is 0 Å². The van der Waals surface area contributed by atoms with Crippen molar-refractivity contribution in [3.63, 3.8) is 0 Å². The molecule has 2 atom stereocenters. The molecular weight excluding hydrogens is 793 g/mol. The maximum atomic E-state index is 6.93. The molecule has 5 nitrogen and oxygen atoms in total.